The molecule has 0 aliphatic heterocycles. The predicted octanol–water partition coefficient (Wildman–Crippen LogP) is 4.15. The molecule has 0 atom stereocenters. The van der Waals surface area contributed by atoms with Crippen LogP contribution in [0.4, 0.5) is 0 Å². The van der Waals surface area contributed by atoms with Crippen molar-refractivity contribution in [3.05, 3.63) is 28.8 Å². The Labute approximate surface area is 128 Å². The Morgan fingerprint density at radius 2 is 1.86 bits per heavy atom. The summed E-state index contributed by atoms with van der Waals surface area (Å²) in [6, 6.07) is 5.65. The van der Waals surface area contributed by atoms with E-state index in [2.05, 4.69) is 4.98 Å². The normalized spacial score (nSPS) is 10.8. The molecular formula is C16H19NO3S. The predicted molar refractivity (Wildman–Crippen MR) is 84.7 cm³/mol. The second-order valence-electron chi connectivity index (χ2n) is 5.01. The molecule has 21 heavy (non-hydrogen) atoms. The zero-order valence-corrected chi connectivity index (χ0v) is 13.7. The first-order chi connectivity index (χ1) is 9.97. The molecule has 0 saturated carbocycles. The van der Waals surface area contributed by atoms with E-state index in [4.69, 9.17) is 9.47 Å². The molecule has 1 aromatic carbocycles. The lowest BCUT2D eigenvalue weighted by Crippen LogP contribution is -1.97. The fourth-order valence-corrected chi connectivity index (χ4v) is 3.18. The largest absolute Gasteiger partial charge is 0.493 e. The van der Waals surface area contributed by atoms with Gasteiger partial charge in [0, 0.05) is 12.5 Å². The Morgan fingerprint density at radius 1 is 1.19 bits per heavy atom. The topological polar surface area (TPSA) is 48.4 Å². The zero-order chi connectivity index (χ0) is 15.6. The van der Waals surface area contributed by atoms with Crippen LogP contribution in [-0.4, -0.2) is 25.0 Å². The summed E-state index contributed by atoms with van der Waals surface area (Å²) in [6.07, 6.45) is 0. The van der Waals surface area contributed by atoms with Crippen LogP contribution in [-0.2, 0) is 0 Å². The number of carbonyl (C=O) groups is 1. The monoisotopic (exact) mass is 305 g/mol. The van der Waals surface area contributed by atoms with Crippen molar-refractivity contribution in [1.29, 1.82) is 0 Å². The minimum atomic E-state index is 0.0583. The maximum atomic E-state index is 11.8. The highest BCUT2D eigenvalue weighted by molar-refractivity contribution is 7.17. The van der Waals surface area contributed by atoms with Crippen molar-refractivity contribution in [1.82, 2.24) is 4.98 Å². The standard InChI is InChI=1S/C16H19NO3S/c1-9(2)14-15(10(3)18)21-16(17-14)11-6-7-12(19-4)13(8-11)20-5/h6-9H,1-5H3. The SMILES string of the molecule is COc1ccc(-c2nc(C(C)C)c(C(C)=O)s2)cc1OC. The second-order valence-corrected chi connectivity index (χ2v) is 6.01. The number of Topliss-reactive ketones (excluding diaryl/α,β-unsaturated/α-hetero) is 1. The average molecular weight is 305 g/mol. The Balaban J connectivity index is 2.52. The van der Waals surface area contributed by atoms with Crippen LogP contribution in [0.5, 0.6) is 11.5 Å². The van der Waals surface area contributed by atoms with E-state index in [0.29, 0.717) is 11.5 Å². The molecule has 1 aromatic heterocycles. The first-order valence-corrected chi connectivity index (χ1v) is 7.53. The van der Waals surface area contributed by atoms with Crippen molar-refractivity contribution in [2.75, 3.05) is 14.2 Å². The summed E-state index contributed by atoms with van der Waals surface area (Å²) in [6.45, 7) is 5.66. The molecule has 5 heteroatoms. The highest BCUT2D eigenvalue weighted by Crippen LogP contribution is 2.36. The van der Waals surface area contributed by atoms with E-state index in [1.165, 1.54) is 11.3 Å². The van der Waals surface area contributed by atoms with Gasteiger partial charge < -0.3 is 9.47 Å². The summed E-state index contributed by atoms with van der Waals surface area (Å²) in [5, 5.41) is 0.824. The first-order valence-electron chi connectivity index (χ1n) is 6.72. The maximum absolute atomic E-state index is 11.8. The zero-order valence-electron chi connectivity index (χ0n) is 12.9. The quantitative estimate of drug-likeness (QED) is 0.778. The van der Waals surface area contributed by atoms with Crippen molar-refractivity contribution in [3.63, 3.8) is 0 Å². The van der Waals surface area contributed by atoms with E-state index in [0.717, 1.165) is 21.1 Å². The number of ketones is 1. The summed E-state index contributed by atoms with van der Waals surface area (Å²) >= 11 is 1.42. The van der Waals surface area contributed by atoms with Crippen LogP contribution in [0.15, 0.2) is 18.2 Å². The van der Waals surface area contributed by atoms with Crippen molar-refractivity contribution in [3.8, 4) is 22.1 Å². The van der Waals surface area contributed by atoms with Crippen molar-refractivity contribution in [2.45, 2.75) is 26.7 Å². The molecule has 2 aromatic rings. The number of rotatable bonds is 5. The molecule has 0 spiro atoms. The van der Waals surface area contributed by atoms with Crippen LogP contribution < -0.4 is 9.47 Å². The molecule has 0 amide bonds. The Hall–Kier alpha value is -1.88. The van der Waals surface area contributed by atoms with Crippen LogP contribution in [0, 0.1) is 0 Å². The minimum Gasteiger partial charge on any atom is -0.493 e. The molecule has 0 aliphatic carbocycles. The average Bonchev–Trinajstić information content (AvgIpc) is 2.92. The van der Waals surface area contributed by atoms with E-state index in [-0.39, 0.29) is 11.7 Å². The van der Waals surface area contributed by atoms with Gasteiger partial charge >= 0.3 is 0 Å². The molecule has 0 fully saturated rings. The molecule has 112 valence electrons. The summed E-state index contributed by atoms with van der Waals surface area (Å²) in [5.41, 5.74) is 1.78. The first kappa shape index (κ1) is 15.5. The summed E-state index contributed by atoms with van der Waals surface area (Å²) in [7, 11) is 3.20. The highest BCUT2D eigenvalue weighted by atomic mass is 32.1. The third-order valence-corrected chi connectivity index (χ3v) is 4.37. The van der Waals surface area contributed by atoms with E-state index in [1.54, 1.807) is 21.1 Å². The van der Waals surface area contributed by atoms with Gasteiger partial charge in [-0.2, -0.15) is 0 Å². The number of hydrogen-bond donors (Lipinski definition) is 0. The molecule has 0 unspecified atom stereocenters. The Kier molecular flexibility index (Phi) is 4.63. The fraction of sp³-hybridized carbons (Fsp3) is 0.375. The maximum Gasteiger partial charge on any atom is 0.171 e. The summed E-state index contributed by atoms with van der Waals surface area (Å²) < 4.78 is 10.6. The van der Waals surface area contributed by atoms with Crippen molar-refractivity contribution in [2.24, 2.45) is 0 Å². The van der Waals surface area contributed by atoms with Crippen molar-refractivity contribution < 1.29 is 14.3 Å². The number of nitrogens with zero attached hydrogens (tertiary/aromatic N) is 1. The van der Waals surface area contributed by atoms with Gasteiger partial charge in [-0.3, -0.25) is 4.79 Å². The smallest absolute Gasteiger partial charge is 0.171 e. The summed E-state index contributed by atoms with van der Waals surface area (Å²) in [5.74, 6) is 1.60. The number of aromatic nitrogens is 1. The molecule has 1 heterocycles. The van der Waals surface area contributed by atoms with E-state index in [1.807, 2.05) is 32.0 Å². The number of carbonyl (C=O) groups excluding carboxylic acids is 1. The van der Waals surface area contributed by atoms with Gasteiger partial charge in [0.05, 0.1) is 24.8 Å². The van der Waals surface area contributed by atoms with Gasteiger partial charge in [-0.25, -0.2) is 4.98 Å². The van der Waals surface area contributed by atoms with Gasteiger partial charge in [-0.05, 0) is 24.1 Å². The lowest BCUT2D eigenvalue weighted by Gasteiger charge is -2.08. The Morgan fingerprint density at radius 3 is 2.33 bits per heavy atom. The van der Waals surface area contributed by atoms with Gasteiger partial charge in [0.15, 0.2) is 17.3 Å². The molecular weight excluding hydrogens is 286 g/mol. The number of methoxy groups -OCH3 is 2. The van der Waals surface area contributed by atoms with Gasteiger partial charge in [0.1, 0.15) is 5.01 Å². The molecule has 0 bridgehead atoms. The Bertz CT molecular complexity index is 662. The van der Waals surface area contributed by atoms with Crippen molar-refractivity contribution >= 4 is 17.1 Å². The van der Waals surface area contributed by atoms with Crippen LogP contribution in [0.1, 0.15) is 42.1 Å². The second kappa shape index (κ2) is 6.26. The molecule has 0 aliphatic rings. The lowest BCUT2D eigenvalue weighted by atomic mass is 10.1. The molecule has 0 N–H and O–H groups in total. The van der Waals surface area contributed by atoms with E-state index in [9.17, 15) is 4.79 Å². The van der Waals surface area contributed by atoms with Gasteiger partial charge in [-0.15, -0.1) is 11.3 Å². The van der Waals surface area contributed by atoms with Gasteiger partial charge in [-0.1, -0.05) is 13.8 Å². The van der Waals surface area contributed by atoms with Crippen LogP contribution >= 0.6 is 11.3 Å². The molecule has 0 radical (unpaired) electrons. The number of ether oxygens (including phenoxy) is 2. The third kappa shape index (κ3) is 3.08. The number of benzene rings is 1. The lowest BCUT2D eigenvalue weighted by molar-refractivity contribution is 0.102. The van der Waals surface area contributed by atoms with E-state index < -0.39 is 0 Å². The number of thiazole rings is 1. The van der Waals surface area contributed by atoms with Crippen LogP contribution in [0.25, 0.3) is 10.6 Å². The molecule has 2 rings (SSSR count). The van der Waals surface area contributed by atoms with Gasteiger partial charge in [0.2, 0.25) is 0 Å². The number of hydrogen-bond acceptors (Lipinski definition) is 5. The summed E-state index contributed by atoms with van der Waals surface area (Å²) in [4.78, 5) is 17.1. The third-order valence-electron chi connectivity index (χ3n) is 3.15. The van der Waals surface area contributed by atoms with Crippen LogP contribution in [0.2, 0.25) is 0 Å². The fourth-order valence-electron chi connectivity index (χ4n) is 2.07. The van der Waals surface area contributed by atoms with Gasteiger partial charge in [0.25, 0.3) is 0 Å². The molecule has 4 nitrogen and oxygen atoms in total. The highest BCUT2D eigenvalue weighted by Gasteiger charge is 2.19. The van der Waals surface area contributed by atoms with E-state index >= 15 is 0 Å². The van der Waals surface area contributed by atoms with Crippen LogP contribution in [0.3, 0.4) is 0 Å². The minimum absolute atomic E-state index is 0.0583. The molecule has 0 saturated heterocycles.